The van der Waals surface area contributed by atoms with Crippen LogP contribution in [0.2, 0.25) is 20.1 Å². The SMILES string of the molecule is C#CC1CCCN(C(=O)Cn2nc(-c3ccccc3)c3c(Cl)c(-c4ccccc4)nnc32)C1.CC(F)(F)CN1CCN(C(=O)Cn2nc(-c3ccccc3)c3c(Cl)c(-c4ccccc4)nnc32)CC1.CN(C)C1CCN(C(=O)Cn2nc(-c3ccccc3)c3c(Cl)c(-c4ccccc4)nnc32)CC1.O=C(Cn1nc(-c2ccccc2)c2c(Cl)c(-c3ccccc3)nnc21)NCc1cccnc1. The van der Waals surface area contributed by atoms with E-state index in [0.29, 0.717) is 162 Å². The number of nitrogens with zero attached hydrogens (tertiary/aromatic N) is 22. The normalized spacial score (nSPS) is 14.2. The third-order valence-corrected chi connectivity index (χ3v) is 25.4. The molecule has 136 heavy (non-hydrogen) atoms. The van der Waals surface area contributed by atoms with Crippen LogP contribution in [0.15, 0.2) is 267 Å². The summed E-state index contributed by atoms with van der Waals surface area (Å²) in [7, 11) is 4.19. The van der Waals surface area contributed by atoms with E-state index in [1.165, 1.54) is 4.68 Å². The van der Waals surface area contributed by atoms with E-state index in [9.17, 15) is 28.0 Å². The lowest BCUT2D eigenvalue weighted by atomic mass is 9.99. The number of likely N-dealkylation sites (tertiary alicyclic amines) is 2. The number of terminal acetylenes is 1. The lowest BCUT2D eigenvalue weighted by molar-refractivity contribution is -0.134. The summed E-state index contributed by atoms with van der Waals surface area (Å²) in [5, 5.41) is 61.7. The Morgan fingerprint density at radius 3 is 1.01 bits per heavy atom. The summed E-state index contributed by atoms with van der Waals surface area (Å²) >= 11 is 27.6. The first kappa shape index (κ1) is 93.3. The molecular weight excluding hydrogens is 1800 g/mol. The second-order valence-corrected chi connectivity index (χ2v) is 35.0. The van der Waals surface area contributed by atoms with Crippen molar-refractivity contribution in [3.63, 3.8) is 0 Å². The van der Waals surface area contributed by atoms with Crippen LogP contribution < -0.4 is 5.32 Å². The number of carbonyl (C=O) groups excluding carboxylic acids is 4. The molecule has 20 rings (SSSR count). The van der Waals surface area contributed by atoms with Crippen molar-refractivity contribution >= 4 is 114 Å². The molecule has 3 saturated heterocycles. The van der Waals surface area contributed by atoms with Gasteiger partial charge in [-0.25, -0.2) is 27.5 Å². The molecule has 17 aromatic rings. The van der Waals surface area contributed by atoms with Gasteiger partial charge >= 0.3 is 0 Å². The van der Waals surface area contributed by atoms with Crippen molar-refractivity contribution in [1.82, 2.24) is 115 Å². The summed E-state index contributed by atoms with van der Waals surface area (Å²) in [5.74, 6) is -0.247. The van der Waals surface area contributed by atoms with Crippen molar-refractivity contribution in [2.75, 3.05) is 73.0 Å². The first-order valence-electron chi connectivity index (χ1n) is 44.5. The van der Waals surface area contributed by atoms with Crippen LogP contribution in [0.3, 0.4) is 0 Å². The van der Waals surface area contributed by atoms with Gasteiger partial charge in [0.2, 0.25) is 23.6 Å². The number of carbonyl (C=O) groups is 4. The molecule has 1 unspecified atom stereocenters. The number of fused-ring (bicyclic) bond motifs is 4. The molecule has 4 amide bonds. The monoisotopic (exact) mass is 1890 g/mol. The smallest absolute Gasteiger partial charge is 0.257 e. The molecule has 0 aliphatic carbocycles. The summed E-state index contributed by atoms with van der Waals surface area (Å²) in [6, 6.07) is 81.7. The topological polar surface area (TPSA) is 284 Å². The molecule has 12 heterocycles. The highest BCUT2D eigenvalue weighted by Gasteiger charge is 2.34. The number of pyridine rings is 1. The second-order valence-electron chi connectivity index (χ2n) is 33.5. The quantitative estimate of drug-likeness (QED) is 0.0654. The fourth-order valence-corrected chi connectivity index (χ4v) is 18.2. The zero-order valence-electron chi connectivity index (χ0n) is 74.6. The van der Waals surface area contributed by atoms with Gasteiger partial charge in [-0.05, 0) is 51.4 Å². The van der Waals surface area contributed by atoms with Crippen molar-refractivity contribution in [2.45, 2.75) is 77.3 Å². The van der Waals surface area contributed by atoms with E-state index in [4.69, 9.17) is 73.2 Å². The fraction of sp³-hybridized carbons (Fsp3) is 0.233. The predicted octanol–water partition coefficient (Wildman–Crippen LogP) is 18.2. The van der Waals surface area contributed by atoms with E-state index in [1.54, 1.807) is 36.2 Å². The molecule has 0 radical (unpaired) electrons. The highest BCUT2D eigenvalue weighted by atomic mass is 35.5. The van der Waals surface area contributed by atoms with Crippen LogP contribution in [-0.4, -0.2) is 218 Å². The van der Waals surface area contributed by atoms with Gasteiger partial charge in [0.1, 0.15) is 71.7 Å². The molecule has 9 aromatic heterocycles. The Hall–Kier alpha value is -14.5. The predicted molar refractivity (Wildman–Crippen MR) is 526 cm³/mol. The average Bonchev–Trinajstić information content (AvgIpc) is 1.62. The summed E-state index contributed by atoms with van der Waals surface area (Å²) in [4.78, 5) is 65.5. The molecule has 0 saturated carbocycles. The van der Waals surface area contributed by atoms with Crippen LogP contribution in [0, 0.1) is 18.3 Å². The molecule has 33 heteroatoms. The lowest BCUT2D eigenvalue weighted by Crippen LogP contribution is -2.51. The van der Waals surface area contributed by atoms with Crippen molar-refractivity contribution in [2.24, 2.45) is 5.92 Å². The Kier molecular flexibility index (Phi) is 29.4. The molecule has 3 aliphatic rings. The van der Waals surface area contributed by atoms with E-state index in [0.717, 1.165) is 95.8 Å². The number of benzene rings is 8. The standard InChI is InChI=1S/C26H25ClF2N6O.C26H27ClN6O.C26H22ClN5O.C25H19ClN6O/c1-26(28,29)17-33-12-14-34(15-13-33)20(36)16-35-25-21(23(32-35)18-8-4-2-5-9-18)22(27)24(30-31-25)19-10-6-3-7-11-19;1-31(2)20-13-15-32(16-14-20)21(34)17-33-26-22(24(30-33)18-9-5-3-6-10-18)23(27)25(28-29-26)19-11-7-4-8-12-19;1-2-18-10-9-15-31(16-18)21(33)17-32-26-22(24(30-32)19-11-5-3-6-12-19)23(27)25(28-29-26)20-13-7-4-8-14-20;26-22-21-23(18-9-3-1-4-10-18)31-32(16-20(33)28-15-17-8-7-13-27-14-17)25(21)30-29-24(22)19-11-5-2-6-12-19/h2-11H,12-17H2,1H3;3-12,20H,13-17H2,1-2H3;1,3-8,11-14,18H,9-10,15-17H2;1-14H,15-16H2,(H,28,33). The highest BCUT2D eigenvalue weighted by Crippen LogP contribution is 2.43. The van der Waals surface area contributed by atoms with Gasteiger partial charge in [0, 0.05) is 135 Å². The Balaban J connectivity index is 0.000000126. The first-order chi connectivity index (χ1) is 66.2. The van der Waals surface area contributed by atoms with Gasteiger partial charge in [-0.3, -0.25) is 29.1 Å². The molecule has 0 bridgehead atoms. The van der Waals surface area contributed by atoms with Crippen molar-refractivity contribution in [1.29, 1.82) is 0 Å². The molecule has 1 atom stereocenters. The zero-order valence-corrected chi connectivity index (χ0v) is 77.6. The maximum absolute atomic E-state index is 13.4. The molecule has 27 nitrogen and oxygen atoms in total. The minimum absolute atomic E-state index is 0.0146. The van der Waals surface area contributed by atoms with Gasteiger partial charge in [0.25, 0.3) is 5.92 Å². The van der Waals surface area contributed by atoms with Crippen LogP contribution in [0.25, 0.3) is 134 Å². The maximum atomic E-state index is 13.4. The number of hydrogen-bond acceptors (Lipinski definition) is 19. The lowest BCUT2D eigenvalue weighted by Gasteiger charge is -2.35. The minimum atomic E-state index is -2.76. The van der Waals surface area contributed by atoms with E-state index >= 15 is 0 Å². The summed E-state index contributed by atoms with van der Waals surface area (Å²) < 4.78 is 33.0. The van der Waals surface area contributed by atoms with Gasteiger partial charge in [-0.15, -0.1) is 53.1 Å². The number of piperidine rings is 2. The van der Waals surface area contributed by atoms with Gasteiger partial charge in [-0.2, -0.15) is 20.4 Å². The number of hydrogen-bond donors (Lipinski definition) is 1. The number of piperazine rings is 1. The number of aromatic nitrogens is 17. The van der Waals surface area contributed by atoms with E-state index in [2.05, 4.69) is 76.0 Å². The molecule has 8 aromatic carbocycles. The number of rotatable bonds is 21. The summed E-state index contributed by atoms with van der Waals surface area (Å²) in [6.45, 7) is 5.39. The Bertz CT molecular complexity index is 7120. The number of alkyl halides is 2. The van der Waals surface area contributed by atoms with Crippen molar-refractivity contribution < 1.29 is 28.0 Å². The first-order valence-corrected chi connectivity index (χ1v) is 46.1. The van der Waals surface area contributed by atoms with E-state index in [-0.39, 0.29) is 62.3 Å². The van der Waals surface area contributed by atoms with Crippen LogP contribution in [0.5, 0.6) is 0 Å². The summed E-state index contributed by atoms with van der Waals surface area (Å²) in [5.41, 5.74) is 14.7. The van der Waals surface area contributed by atoms with E-state index in [1.807, 2.05) is 265 Å². The molecule has 686 valence electrons. The highest BCUT2D eigenvalue weighted by molar-refractivity contribution is 6.40. The van der Waals surface area contributed by atoms with Crippen LogP contribution >= 0.6 is 46.4 Å². The van der Waals surface area contributed by atoms with Crippen molar-refractivity contribution in [3.05, 3.63) is 293 Å². The number of halogens is 6. The van der Waals surface area contributed by atoms with Crippen LogP contribution in [0.1, 0.15) is 38.2 Å². The zero-order chi connectivity index (χ0) is 94.4. The largest absolute Gasteiger partial charge is 0.350 e. The molecule has 3 fully saturated rings. The summed E-state index contributed by atoms with van der Waals surface area (Å²) in [6.07, 6.45) is 12.8. The Morgan fingerprint density at radius 1 is 0.397 bits per heavy atom. The minimum Gasteiger partial charge on any atom is -0.350 e. The third-order valence-electron chi connectivity index (χ3n) is 23.9. The van der Waals surface area contributed by atoms with Crippen LogP contribution in [-0.2, 0) is 51.9 Å². The van der Waals surface area contributed by atoms with Gasteiger partial charge in [0.15, 0.2) is 22.6 Å². The molecule has 0 spiro atoms. The van der Waals surface area contributed by atoms with Gasteiger partial charge in [-0.1, -0.05) is 295 Å². The second kappa shape index (κ2) is 42.8. The average molecular weight is 1900 g/mol. The van der Waals surface area contributed by atoms with Crippen molar-refractivity contribution in [3.8, 4) is 102 Å². The van der Waals surface area contributed by atoms with Gasteiger partial charge in [0.05, 0.1) is 48.2 Å². The van der Waals surface area contributed by atoms with Gasteiger partial charge < -0.3 is 24.9 Å². The third kappa shape index (κ3) is 21.5. The molecule has 1 N–H and O–H groups in total. The number of amides is 4. The number of nitrogens with one attached hydrogen (secondary N) is 1. The molecular formula is C103H93Cl4F2N23O4. The molecule has 3 aliphatic heterocycles. The maximum Gasteiger partial charge on any atom is 0.257 e. The fourth-order valence-electron chi connectivity index (χ4n) is 16.9. The Labute approximate surface area is 803 Å². The van der Waals surface area contributed by atoms with E-state index < -0.39 is 5.92 Å². The Morgan fingerprint density at radius 2 is 0.706 bits per heavy atom. The van der Waals surface area contributed by atoms with Crippen LogP contribution in [0.4, 0.5) is 8.78 Å².